The maximum Gasteiger partial charge on any atom is 0.316 e. The van der Waals surface area contributed by atoms with E-state index in [2.05, 4.69) is 4.98 Å². The highest BCUT2D eigenvalue weighted by molar-refractivity contribution is 5.77. The Morgan fingerprint density at radius 3 is 3.06 bits per heavy atom. The Kier molecular flexibility index (Phi) is 2.77. The van der Waals surface area contributed by atoms with Crippen LogP contribution in [0.5, 0.6) is 0 Å². The zero-order valence-electron chi connectivity index (χ0n) is 9.40. The highest BCUT2D eigenvalue weighted by Gasteiger charge is 2.29. The molecule has 0 radical (unpaired) electrons. The minimum absolute atomic E-state index is 0.0869. The average Bonchev–Trinajstić information content (AvgIpc) is 2.27. The summed E-state index contributed by atoms with van der Waals surface area (Å²) >= 11 is 0. The predicted molar refractivity (Wildman–Crippen MR) is 57.2 cm³/mol. The smallest absolute Gasteiger partial charge is 0.316 e. The second-order valence-corrected chi connectivity index (χ2v) is 3.96. The third-order valence-electron chi connectivity index (χ3n) is 2.84. The van der Waals surface area contributed by atoms with Crippen LogP contribution in [-0.4, -0.2) is 22.6 Å². The van der Waals surface area contributed by atoms with Crippen molar-refractivity contribution in [2.75, 3.05) is 7.11 Å². The lowest BCUT2D eigenvalue weighted by Gasteiger charge is -2.23. The molecule has 0 spiro atoms. The number of nitrogens with zero attached hydrogens (tertiary/aromatic N) is 2. The highest BCUT2D eigenvalue weighted by atomic mass is 16.5. The van der Waals surface area contributed by atoms with E-state index in [-0.39, 0.29) is 11.5 Å². The van der Waals surface area contributed by atoms with Crippen molar-refractivity contribution in [2.24, 2.45) is 0 Å². The Bertz CT molecular complexity index is 479. The number of carbonyl (C=O) groups excluding carboxylic acids is 1. The molecule has 86 valence electrons. The molecule has 0 fully saturated rings. The second-order valence-electron chi connectivity index (χ2n) is 3.96. The number of carbonyl (C=O) groups is 1. The highest BCUT2D eigenvalue weighted by Crippen LogP contribution is 2.25. The van der Waals surface area contributed by atoms with Gasteiger partial charge in [-0.3, -0.25) is 14.2 Å². The fourth-order valence-electron chi connectivity index (χ4n) is 2.08. The molecule has 2 rings (SSSR count). The Balaban J connectivity index is 2.53. The first kappa shape index (κ1) is 10.9. The molecular weight excluding hydrogens is 208 g/mol. The number of esters is 1. The summed E-state index contributed by atoms with van der Waals surface area (Å²) in [6, 6.07) is 1.49. The van der Waals surface area contributed by atoms with Crippen LogP contribution in [0.3, 0.4) is 0 Å². The van der Waals surface area contributed by atoms with Gasteiger partial charge >= 0.3 is 5.97 Å². The van der Waals surface area contributed by atoms with Gasteiger partial charge in [-0.25, -0.2) is 4.98 Å². The number of hydrogen-bond acceptors (Lipinski definition) is 4. The zero-order valence-corrected chi connectivity index (χ0v) is 9.40. The predicted octanol–water partition coefficient (Wildman–Crippen LogP) is 0.602. The monoisotopic (exact) mass is 222 g/mol. The van der Waals surface area contributed by atoms with Gasteiger partial charge in [-0.05, 0) is 19.8 Å². The second kappa shape index (κ2) is 4.08. The molecule has 5 nitrogen and oxygen atoms in total. The molecule has 16 heavy (non-hydrogen) atoms. The minimum atomic E-state index is -0.397. The number of rotatable bonds is 1. The van der Waals surface area contributed by atoms with Crippen LogP contribution in [0.2, 0.25) is 0 Å². The molecule has 1 atom stereocenters. The van der Waals surface area contributed by atoms with Crippen molar-refractivity contribution in [2.45, 2.75) is 32.2 Å². The van der Waals surface area contributed by atoms with Crippen molar-refractivity contribution in [3.8, 4) is 0 Å². The van der Waals surface area contributed by atoms with E-state index in [9.17, 15) is 9.59 Å². The quantitative estimate of drug-likeness (QED) is 0.653. The van der Waals surface area contributed by atoms with Gasteiger partial charge in [0.1, 0.15) is 11.7 Å². The average molecular weight is 222 g/mol. The van der Waals surface area contributed by atoms with E-state index in [4.69, 9.17) is 4.74 Å². The molecule has 0 amide bonds. The summed E-state index contributed by atoms with van der Waals surface area (Å²) in [6.07, 6.45) is 1.50. The summed E-state index contributed by atoms with van der Waals surface area (Å²) in [7, 11) is 1.36. The van der Waals surface area contributed by atoms with Gasteiger partial charge in [0.05, 0.1) is 7.11 Å². The van der Waals surface area contributed by atoms with Gasteiger partial charge in [-0.2, -0.15) is 0 Å². The van der Waals surface area contributed by atoms with E-state index in [1.54, 1.807) is 11.5 Å². The minimum Gasteiger partial charge on any atom is -0.468 e. The van der Waals surface area contributed by atoms with Gasteiger partial charge in [0.25, 0.3) is 5.56 Å². The van der Waals surface area contributed by atoms with Crippen LogP contribution < -0.4 is 5.56 Å². The molecule has 0 bridgehead atoms. The summed E-state index contributed by atoms with van der Waals surface area (Å²) < 4.78 is 6.30. The number of aryl methyl sites for hydroxylation is 1. The maximum atomic E-state index is 11.7. The summed E-state index contributed by atoms with van der Waals surface area (Å²) in [5, 5.41) is 0. The molecule has 1 unspecified atom stereocenters. The fraction of sp³-hybridized carbons (Fsp3) is 0.545. The van der Waals surface area contributed by atoms with Gasteiger partial charge in [-0.1, -0.05) is 0 Å². The normalized spacial score (nSPS) is 19.0. The summed E-state index contributed by atoms with van der Waals surface area (Å²) in [5.41, 5.74) is 0.558. The number of ether oxygens (including phenoxy) is 1. The lowest BCUT2D eigenvalue weighted by molar-refractivity contribution is -0.143. The molecule has 1 aliphatic rings. The van der Waals surface area contributed by atoms with Crippen LogP contribution in [0.25, 0.3) is 0 Å². The SMILES string of the molecule is COC(=O)C1CCCn2c1nc(C)cc2=O. The van der Waals surface area contributed by atoms with Crippen LogP contribution in [0, 0.1) is 6.92 Å². The van der Waals surface area contributed by atoms with Crippen molar-refractivity contribution in [1.29, 1.82) is 0 Å². The molecule has 0 N–H and O–H groups in total. The van der Waals surface area contributed by atoms with E-state index in [1.165, 1.54) is 13.2 Å². The first-order valence-electron chi connectivity index (χ1n) is 5.29. The molecule has 0 saturated carbocycles. The Morgan fingerprint density at radius 2 is 2.38 bits per heavy atom. The third kappa shape index (κ3) is 1.73. The number of fused-ring (bicyclic) bond motifs is 1. The third-order valence-corrected chi connectivity index (χ3v) is 2.84. The van der Waals surface area contributed by atoms with Crippen molar-refractivity contribution >= 4 is 5.97 Å². The molecule has 0 aliphatic carbocycles. The van der Waals surface area contributed by atoms with Crippen LogP contribution >= 0.6 is 0 Å². The largest absolute Gasteiger partial charge is 0.468 e. The van der Waals surface area contributed by atoms with E-state index in [1.807, 2.05) is 0 Å². The van der Waals surface area contributed by atoms with Crippen molar-refractivity contribution in [1.82, 2.24) is 9.55 Å². The van der Waals surface area contributed by atoms with Gasteiger partial charge in [0.15, 0.2) is 0 Å². The number of methoxy groups -OCH3 is 1. The van der Waals surface area contributed by atoms with E-state index >= 15 is 0 Å². The van der Waals surface area contributed by atoms with Gasteiger partial charge in [0, 0.05) is 18.3 Å². The molecule has 0 saturated heterocycles. The molecular formula is C11H14N2O3. The van der Waals surface area contributed by atoms with E-state index in [0.29, 0.717) is 24.5 Å². The van der Waals surface area contributed by atoms with Crippen LogP contribution in [0.15, 0.2) is 10.9 Å². The lowest BCUT2D eigenvalue weighted by atomic mass is 9.98. The van der Waals surface area contributed by atoms with Crippen LogP contribution in [-0.2, 0) is 16.1 Å². The molecule has 1 aliphatic heterocycles. The van der Waals surface area contributed by atoms with Gasteiger partial charge in [-0.15, -0.1) is 0 Å². The zero-order chi connectivity index (χ0) is 11.7. The Morgan fingerprint density at radius 1 is 1.62 bits per heavy atom. The van der Waals surface area contributed by atoms with Crippen molar-refractivity contribution < 1.29 is 9.53 Å². The number of hydrogen-bond donors (Lipinski definition) is 0. The Labute approximate surface area is 93.1 Å². The van der Waals surface area contributed by atoms with Crippen molar-refractivity contribution in [3.63, 3.8) is 0 Å². The fourth-order valence-corrected chi connectivity index (χ4v) is 2.08. The summed E-state index contributed by atoms with van der Waals surface area (Å²) in [5.74, 6) is -0.166. The van der Waals surface area contributed by atoms with E-state index < -0.39 is 5.92 Å². The first-order chi connectivity index (χ1) is 7.63. The molecule has 1 aromatic rings. The van der Waals surface area contributed by atoms with E-state index in [0.717, 1.165) is 6.42 Å². The Hall–Kier alpha value is -1.65. The van der Waals surface area contributed by atoms with Crippen LogP contribution in [0.4, 0.5) is 0 Å². The van der Waals surface area contributed by atoms with Gasteiger partial charge < -0.3 is 4.74 Å². The van der Waals surface area contributed by atoms with Crippen LogP contribution in [0.1, 0.15) is 30.3 Å². The molecule has 5 heteroatoms. The lowest BCUT2D eigenvalue weighted by Crippen LogP contribution is -2.33. The summed E-state index contributed by atoms with van der Waals surface area (Å²) in [4.78, 5) is 27.6. The maximum absolute atomic E-state index is 11.7. The standard InChI is InChI=1S/C11H14N2O3/c1-7-6-9(14)13-5-3-4-8(10(13)12-7)11(15)16-2/h6,8H,3-5H2,1-2H3. The molecule has 2 heterocycles. The first-order valence-corrected chi connectivity index (χ1v) is 5.29. The summed E-state index contributed by atoms with van der Waals surface area (Å²) in [6.45, 7) is 2.39. The van der Waals surface area contributed by atoms with Crippen molar-refractivity contribution in [3.05, 3.63) is 27.9 Å². The van der Waals surface area contributed by atoms with Gasteiger partial charge in [0.2, 0.25) is 0 Å². The topological polar surface area (TPSA) is 61.2 Å². The molecule has 1 aromatic heterocycles. The number of aromatic nitrogens is 2. The molecule has 0 aromatic carbocycles.